The van der Waals surface area contributed by atoms with E-state index in [1.807, 2.05) is 31.2 Å². The number of carbonyl (C=O) groups excluding carboxylic acids is 1. The molecular weight excluding hydrogens is 306 g/mol. The van der Waals surface area contributed by atoms with Gasteiger partial charge >= 0.3 is 0 Å². The van der Waals surface area contributed by atoms with Crippen LogP contribution in [0.5, 0.6) is 5.75 Å². The Bertz CT molecular complexity index is 771. The molecule has 6 nitrogen and oxygen atoms in total. The van der Waals surface area contributed by atoms with Crippen LogP contribution in [0.1, 0.15) is 27.3 Å². The van der Waals surface area contributed by atoms with Gasteiger partial charge in [0.1, 0.15) is 5.75 Å². The van der Waals surface area contributed by atoms with Gasteiger partial charge in [-0.15, -0.1) is 0 Å². The van der Waals surface area contributed by atoms with E-state index in [4.69, 9.17) is 4.74 Å². The van der Waals surface area contributed by atoms with E-state index in [9.17, 15) is 9.90 Å². The van der Waals surface area contributed by atoms with Gasteiger partial charge in [0.2, 0.25) is 0 Å². The van der Waals surface area contributed by atoms with E-state index < -0.39 is 6.10 Å². The van der Waals surface area contributed by atoms with Crippen molar-refractivity contribution >= 4 is 5.91 Å². The molecule has 2 aromatic rings. The van der Waals surface area contributed by atoms with Crippen molar-refractivity contribution < 1.29 is 14.6 Å². The number of H-pyrrole nitrogens is 1. The third-order valence-corrected chi connectivity index (χ3v) is 4.86. The molecular formula is C18H21N3O3. The van der Waals surface area contributed by atoms with Crippen molar-refractivity contribution in [3.63, 3.8) is 0 Å². The lowest BCUT2D eigenvalue weighted by molar-refractivity contribution is 0.0764. The number of aromatic nitrogens is 2. The minimum atomic E-state index is -0.510. The van der Waals surface area contributed by atoms with Crippen LogP contribution in [0.25, 0.3) is 0 Å². The quantitative estimate of drug-likeness (QED) is 0.891. The first-order chi connectivity index (χ1) is 11.6. The van der Waals surface area contributed by atoms with Gasteiger partial charge in [-0.25, -0.2) is 0 Å². The summed E-state index contributed by atoms with van der Waals surface area (Å²) >= 11 is 0. The lowest BCUT2D eigenvalue weighted by Gasteiger charge is -2.16. The summed E-state index contributed by atoms with van der Waals surface area (Å²) in [5, 5.41) is 17.5. The largest absolute Gasteiger partial charge is 0.493 e. The zero-order chi connectivity index (χ0) is 16.7. The molecule has 4 rings (SSSR count). The molecule has 6 heteroatoms. The van der Waals surface area contributed by atoms with E-state index in [-0.39, 0.29) is 11.8 Å². The molecule has 1 aromatic carbocycles. The molecule has 0 saturated carbocycles. The molecule has 0 aliphatic carbocycles. The third kappa shape index (κ3) is 2.78. The second-order valence-electron chi connectivity index (χ2n) is 6.70. The van der Waals surface area contributed by atoms with Gasteiger partial charge in [0.25, 0.3) is 5.91 Å². The van der Waals surface area contributed by atoms with Crippen LogP contribution in [-0.4, -0.2) is 51.9 Å². The summed E-state index contributed by atoms with van der Waals surface area (Å²) in [5.74, 6) is 0.874. The maximum atomic E-state index is 12.7. The molecule has 2 N–H and O–H groups in total. The lowest BCUT2D eigenvalue weighted by Crippen LogP contribution is -2.29. The van der Waals surface area contributed by atoms with Crippen LogP contribution in [0.15, 0.2) is 24.3 Å². The second-order valence-corrected chi connectivity index (χ2v) is 6.70. The van der Waals surface area contributed by atoms with Crippen molar-refractivity contribution in [2.75, 3.05) is 19.7 Å². The van der Waals surface area contributed by atoms with Crippen molar-refractivity contribution in [3.05, 3.63) is 46.8 Å². The summed E-state index contributed by atoms with van der Waals surface area (Å²) in [6.07, 6.45) is 1.01. The highest BCUT2D eigenvalue weighted by atomic mass is 16.5. The number of aliphatic hydroxyl groups excluding tert-OH is 1. The Kier molecular flexibility index (Phi) is 3.76. The van der Waals surface area contributed by atoms with E-state index in [2.05, 4.69) is 10.2 Å². The van der Waals surface area contributed by atoms with E-state index >= 15 is 0 Å². The van der Waals surface area contributed by atoms with Gasteiger partial charge in [-0.05, 0) is 43.2 Å². The molecule has 1 saturated heterocycles. The summed E-state index contributed by atoms with van der Waals surface area (Å²) in [6.45, 7) is 3.56. The average Bonchev–Trinajstić information content (AvgIpc) is 3.27. The molecule has 1 aromatic heterocycles. The first kappa shape index (κ1) is 15.2. The van der Waals surface area contributed by atoms with Crippen molar-refractivity contribution in [1.82, 2.24) is 15.1 Å². The Labute approximate surface area is 140 Å². The zero-order valence-corrected chi connectivity index (χ0v) is 13.7. The molecule has 0 radical (unpaired) electrons. The molecule has 1 fully saturated rings. The van der Waals surface area contributed by atoms with E-state index in [1.165, 1.54) is 0 Å². The molecule has 0 spiro atoms. The summed E-state index contributed by atoms with van der Waals surface area (Å²) in [6, 6.07) is 7.58. The van der Waals surface area contributed by atoms with E-state index in [0.717, 1.165) is 29.1 Å². The summed E-state index contributed by atoms with van der Waals surface area (Å²) in [4.78, 5) is 14.5. The number of aromatic amines is 1. The van der Waals surface area contributed by atoms with Gasteiger partial charge in [-0.1, -0.05) is 0 Å². The van der Waals surface area contributed by atoms with Gasteiger partial charge in [0.05, 0.1) is 18.4 Å². The van der Waals surface area contributed by atoms with Crippen molar-refractivity contribution in [1.29, 1.82) is 0 Å². The summed E-state index contributed by atoms with van der Waals surface area (Å²) in [7, 11) is 0. The maximum Gasteiger partial charge on any atom is 0.253 e. The Balaban J connectivity index is 1.46. The molecule has 0 bridgehead atoms. The number of hydrogen-bond donors (Lipinski definition) is 2. The fourth-order valence-electron chi connectivity index (χ4n) is 3.57. The molecule has 0 unspecified atom stereocenters. The number of fused-ring (bicyclic) bond motifs is 1. The zero-order valence-electron chi connectivity index (χ0n) is 13.7. The van der Waals surface area contributed by atoms with Crippen molar-refractivity contribution in [3.8, 4) is 5.75 Å². The highest BCUT2D eigenvalue weighted by Crippen LogP contribution is 2.28. The van der Waals surface area contributed by atoms with Gasteiger partial charge < -0.3 is 14.7 Å². The lowest BCUT2D eigenvalue weighted by atomic mass is 10.00. The standard InChI is InChI=1S/C18H21N3O3/c1-11-6-15(20-19-11)8-14-9-21(10-16(14)22)18(23)13-2-3-17-12(7-13)4-5-24-17/h2-3,6-7,14,16,22H,4-5,8-10H2,1H3,(H,19,20)/t14-,16+/m1/s1. The number of nitrogens with zero attached hydrogens (tertiary/aromatic N) is 2. The number of rotatable bonds is 3. The van der Waals surface area contributed by atoms with Crippen LogP contribution in [0.3, 0.4) is 0 Å². The first-order valence-electron chi connectivity index (χ1n) is 8.34. The number of benzene rings is 1. The molecule has 24 heavy (non-hydrogen) atoms. The fourth-order valence-corrected chi connectivity index (χ4v) is 3.57. The Morgan fingerprint density at radius 1 is 1.42 bits per heavy atom. The maximum absolute atomic E-state index is 12.7. The van der Waals surface area contributed by atoms with E-state index in [0.29, 0.717) is 31.7 Å². The van der Waals surface area contributed by atoms with Crippen LogP contribution in [0.2, 0.25) is 0 Å². The Hall–Kier alpha value is -2.34. The minimum Gasteiger partial charge on any atom is -0.493 e. The summed E-state index contributed by atoms with van der Waals surface area (Å²) in [5.41, 5.74) is 3.69. The van der Waals surface area contributed by atoms with Crippen molar-refractivity contribution in [2.24, 2.45) is 5.92 Å². The number of carbonyl (C=O) groups is 1. The Morgan fingerprint density at radius 3 is 3.08 bits per heavy atom. The molecule has 2 aliphatic rings. The highest BCUT2D eigenvalue weighted by Gasteiger charge is 2.35. The Morgan fingerprint density at radius 2 is 2.29 bits per heavy atom. The smallest absolute Gasteiger partial charge is 0.253 e. The number of ether oxygens (including phenoxy) is 1. The van der Waals surface area contributed by atoms with Crippen LogP contribution < -0.4 is 4.74 Å². The van der Waals surface area contributed by atoms with Crippen molar-refractivity contribution in [2.45, 2.75) is 25.9 Å². The molecule has 2 atom stereocenters. The number of nitrogens with one attached hydrogen (secondary N) is 1. The third-order valence-electron chi connectivity index (χ3n) is 4.86. The summed E-state index contributed by atoms with van der Waals surface area (Å²) < 4.78 is 5.49. The highest BCUT2D eigenvalue weighted by molar-refractivity contribution is 5.95. The normalized spacial score (nSPS) is 22.5. The predicted molar refractivity (Wildman–Crippen MR) is 88.1 cm³/mol. The van der Waals surface area contributed by atoms with Crippen LogP contribution in [0.4, 0.5) is 0 Å². The topological polar surface area (TPSA) is 78.5 Å². The van der Waals surface area contributed by atoms with Gasteiger partial charge in [0.15, 0.2) is 0 Å². The minimum absolute atomic E-state index is 0.0226. The molecule has 1 amide bonds. The average molecular weight is 327 g/mol. The van der Waals surface area contributed by atoms with Crippen LogP contribution in [-0.2, 0) is 12.8 Å². The van der Waals surface area contributed by atoms with Gasteiger partial charge in [0, 0.05) is 36.7 Å². The second kappa shape index (κ2) is 5.94. The number of aliphatic hydroxyl groups is 1. The molecule has 126 valence electrons. The SMILES string of the molecule is Cc1cc(C[C@@H]2CN(C(=O)c3ccc4c(c3)CCO4)C[C@@H]2O)n[nH]1. The number of β-amino-alcohol motifs (C(OH)–C–C–N with tert-alkyl or cyclic N) is 1. The first-order valence-corrected chi connectivity index (χ1v) is 8.34. The van der Waals surface area contributed by atoms with Gasteiger partial charge in [-0.2, -0.15) is 5.10 Å². The van der Waals surface area contributed by atoms with Gasteiger partial charge in [-0.3, -0.25) is 9.89 Å². The monoisotopic (exact) mass is 327 g/mol. The predicted octanol–water partition coefficient (Wildman–Crippen LogP) is 1.33. The number of amides is 1. The fraction of sp³-hybridized carbons (Fsp3) is 0.444. The molecule has 3 heterocycles. The van der Waals surface area contributed by atoms with E-state index in [1.54, 1.807) is 4.90 Å². The van der Waals surface area contributed by atoms with Crippen LogP contribution >= 0.6 is 0 Å². The number of hydrogen-bond acceptors (Lipinski definition) is 4. The number of likely N-dealkylation sites (tertiary alicyclic amines) is 1. The van der Waals surface area contributed by atoms with Crippen LogP contribution in [0, 0.1) is 12.8 Å². The molecule has 2 aliphatic heterocycles. The number of aryl methyl sites for hydroxylation is 1.